The van der Waals surface area contributed by atoms with Gasteiger partial charge < -0.3 is 20.5 Å². The molecular formula is C14H17ClN2O4. The highest BCUT2D eigenvalue weighted by Crippen LogP contribution is 2.25. The molecule has 0 aromatic heterocycles. The second-order valence-electron chi connectivity index (χ2n) is 4.31. The number of hydrogen-bond acceptors (Lipinski definition) is 4. The second kappa shape index (κ2) is 7.66. The Balaban J connectivity index is 3.13. The molecule has 6 nitrogen and oxygen atoms in total. The first-order valence-corrected chi connectivity index (χ1v) is 6.48. The Labute approximate surface area is 127 Å². The van der Waals surface area contributed by atoms with Gasteiger partial charge in [-0.15, -0.1) is 0 Å². The number of likely N-dealkylation sites (N-methyl/N-ethyl adjacent to an activating group) is 1. The van der Waals surface area contributed by atoms with Gasteiger partial charge >= 0.3 is 5.97 Å². The molecule has 0 spiro atoms. The van der Waals surface area contributed by atoms with E-state index in [2.05, 4.69) is 0 Å². The van der Waals surface area contributed by atoms with Gasteiger partial charge in [0.25, 0.3) is 0 Å². The van der Waals surface area contributed by atoms with Gasteiger partial charge in [-0.2, -0.15) is 0 Å². The number of nitrogens with zero attached hydrogens (tertiary/aromatic N) is 1. The molecule has 0 saturated carbocycles. The van der Waals surface area contributed by atoms with Crippen molar-refractivity contribution in [1.29, 1.82) is 0 Å². The SMILES string of the molecule is COc1ccc(Cl)cc1C=C(CN(C)C(=O)CN)C(=O)O. The fourth-order valence-corrected chi connectivity index (χ4v) is 1.86. The zero-order valence-electron chi connectivity index (χ0n) is 11.8. The number of nitrogens with two attached hydrogens (primary N) is 1. The van der Waals surface area contributed by atoms with Crippen LogP contribution in [0.5, 0.6) is 5.75 Å². The van der Waals surface area contributed by atoms with E-state index in [0.29, 0.717) is 16.3 Å². The van der Waals surface area contributed by atoms with Gasteiger partial charge in [-0.3, -0.25) is 4.79 Å². The number of benzene rings is 1. The van der Waals surface area contributed by atoms with E-state index in [4.69, 9.17) is 22.1 Å². The number of aliphatic carboxylic acids is 1. The van der Waals surface area contributed by atoms with Crippen molar-refractivity contribution < 1.29 is 19.4 Å². The molecule has 3 N–H and O–H groups in total. The third kappa shape index (κ3) is 4.77. The lowest BCUT2D eigenvalue weighted by molar-refractivity contribution is -0.133. The molecule has 0 atom stereocenters. The Kier molecular flexibility index (Phi) is 6.20. The Bertz CT molecular complexity index is 572. The predicted molar refractivity (Wildman–Crippen MR) is 80.3 cm³/mol. The third-order valence-electron chi connectivity index (χ3n) is 2.80. The molecule has 0 bridgehead atoms. The molecule has 0 fully saturated rings. The van der Waals surface area contributed by atoms with Crippen molar-refractivity contribution in [2.24, 2.45) is 5.73 Å². The van der Waals surface area contributed by atoms with E-state index < -0.39 is 5.97 Å². The Hall–Kier alpha value is -2.05. The standard InChI is InChI=1S/C14H17ClN2O4/c1-17(13(18)7-16)8-10(14(19)20)5-9-6-11(15)3-4-12(9)21-2/h3-6H,7-8,16H2,1-2H3,(H,19,20). The summed E-state index contributed by atoms with van der Waals surface area (Å²) in [6.45, 7) is -0.245. The Morgan fingerprint density at radius 2 is 2.14 bits per heavy atom. The highest BCUT2D eigenvalue weighted by atomic mass is 35.5. The highest BCUT2D eigenvalue weighted by Gasteiger charge is 2.15. The van der Waals surface area contributed by atoms with E-state index in [1.807, 2.05) is 0 Å². The Morgan fingerprint density at radius 3 is 2.67 bits per heavy atom. The number of halogens is 1. The minimum absolute atomic E-state index is 0.0277. The number of ether oxygens (including phenoxy) is 1. The van der Waals surface area contributed by atoms with Gasteiger partial charge in [0.05, 0.1) is 25.8 Å². The molecule has 0 saturated heterocycles. The van der Waals surface area contributed by atoms with Gasteiger partial charge in [-0.1, -0.05) is 11.6 Å². The average Bonchev–Trinajstić information content (AvgIpc) is 2.45. The summed E-state index contributed by atoms with van der Waals surface area (Å²) < 4.78 is 5.16. The second-order valence-corrected chi connectivity index (χ2v) is 4.75. The van der Waals surface area contributed by atoms with E-state index in [1.54, 1.807) is 18.2 Å². The van der Waals surface area contributed by atoms with E-state index in [0.717, 1.165) is 0 Å². The molecule has 0 heterocycles. The van der Waals surface area contributed by atoms with E-state index in [9.17, 15) is 14.7 Å². The fourth-order valence-electron chi connectivity index (χ4n) is 1.68. The number of carbonyl (C=O) groups excluding carboxylic acids is 1. The summed E-state index contributed by atoms with van der Waals surface area (Å²) in [6.07, 6.45) is 1.42. The van der Waals surface area contributed by atoms with Crippen LogP contribution in [0.1, 0.15) is 5.56 Å². The lowest BCUT2D eigenvalue weighted by atomic mass is 10.1. The van der Waals surface area contributed by atoms with Gasteiger partial charge in [-0.05, 0) is 24.3 Å². The molecule has 114 valence electrons. The number of carboxylic acids is 1. The van der Waals surface area contributed by atoms with E-state index >= 15 is 0 Å². The number of methoxy groups -OCH3 is 1. The van der Waals surface area contributed by atoms with Crippen LogP contribution in [-0.2, 0) is 9.59 Å². The molecule has 21 heavy (non-hydrogen) atoms. The number of amides is 1. The molecule has 1 aromatic carbocycles. The maximum absolute atomic E-state index is 11.4. The van der Waals surface area contributed by atoms with Crippen molar-refractivity contribution in [2.45, 2.75) is 0 Å². The van der Waals surface area contributed by atoms with Gasteiger partial charge in [-0.25, -0.2) is 4.79 Å². The smallest absolute Gasteiger partial charge is 0.333 e. The molecule has 0 aliphatic rings. The molecule has 0 radical (unpaired) electrons. The highest BCUT2D eigenvalue weighted by molar-refractivity contribution is 6.30. The van der Waals surface area contributed by atoms with Crippen LogP contribution in [0.25, 0.3) is 6.08 Å². The largest absolute Gasteiger partial charge is 0.496 e. The van der Waals surface area contributed by atoms with Crippen LogP contribution in [0.4, 0.5) is 0 Å². The van der Waals surface area contributed by atoms with Gasteiger partial charge in [0, 0.05) is 17.6 Å². The minimum atomic E-state index is -1.13. The molecule has 1 aromatic rings. The monoisotopic (exact) mass is 312 g/mol. The molecule has 7 heteroatoms. The summed E-state index contributed by atoms with van der Waals surface area (Å²) in [5, 5.41) is 9.72. The van der Waals surface area contributed by atoms with E-state index in [1.165, 1.54) is 25.1 Å². The summed E-state index contributed by atoms with van der Waals surface area (Å²) in [4.78, 5) is 24.0. The fraction of sp³-hybridized carbons (Fsp3) is 0.286. The Morgan fingerprint density at radius 1 is 1.48 bits per heavy atom. The summed E-state index contributed by atoms with van der Waals surface area (Å²) >= 11 is 5.90. The molecule has 0 aliphatic carbocycles. The quantitative estimate of drug-likeness (QED) is 0.771. The van der Waals surface area contributed by atoms with Crippen LogP contribution in [0.2, 0.25) is 5.02 Å². The first-order valence-electron chi connectivity index (χ1n) is 6.10. The van der Waals surface area contributed by atoms with Crippen molar-refractivity contribution in [3.63, 3.8) is 0 Å². The normalized spacial score (nSPS) is 11.1. The minimum Gasteiger partial charge on any atom is -0.496 e. The first kappa shape index (κ1) is 17.0. The lowest BCUT2D eigenvalue weighted by Crippen LogP contribution is -2.35. The lowest BCUT2D eigenvalue weighted by Gasteiger charge is -2.16. The average molecular weight is 313 g/mol. The first-order chi connectivity index (χ1) is 9.88. The maximum Gasteiger partial charge on any atom is 0.333 e. The number of hydrogen-bond donors (Lipinski definition) is 2. The molecule has 1 rings (SSSR count). The van der Waals surface area contributed by atoms with Crippen LogP contribution in [0.15, 0.2) is 23.8 Å². The van der Waals surface area contributed by atoms with Crippen LogP contribution in [0.3, 0.4) is 0 Å². The van der Waals surface area contributed by atoms with Crippen molar-refractivity contribution in [1.82, 2.24) is 4.90 Å². The van der Waals surface area contributed by atoms with Crippen LogP contribution < -0.4 is 10.5 Å². The molecule has 1 amide bonds. The number of carboxylic acid groups (broad SMARTS) is 1. The summed E-state index contributed by atoms with van der Waals surface area (Å²) in [5.74, 6) is -0.986. The summed E-state index contributed by atoms with van der Waals surface area (Å²) in [7, 11) is 2.96. The van der Waals surface area contributed by atoms with Crippen molar-refractivity contribution in [2.75, 3.05) is 27.2 Å². The topological polar surface area (TPSA) is 92.9 Å². The third-order valence-corrected chi connectivity index (χ3v) is 3.04. The zero-order chi connectivity index (χ0) is 16.0. The summed E-state index contributed by atoms with van der Waals surface area (Å²) in [6, 6.07) is 4.87. The summed E-state index contributed by atoms with van der Waals surface area (Å²) in [5.41, 5.74) is 5.80. The van der Waals surface area contributed by atoms with Crippen LogP contribution >= 0.6 is 11.6 Å². The number of rotatable bonds is 6. The van der Waals surface area contributed by atoms with Gasteiger partial charge in [0.1, 0.15) is 5.75 Å². The van der Waals surface area contributed by atoms with Crippen LogP contribution in [0, 0.1) is 0 Å². The molecule has 0 unspecified atom stereocenters. The predicted octanol–water partition coefficient (Wildman–Crippen LogP) is 1.23. The molecule has 0 aliphatic heterocycles. The molecular weight excluding hydrogens is 296 g/mol. The van der Waals surface area contributed by atoms with Gasteiger partial charge in [0.2, 0.25) is 5.91 Å². The van der Waals surface area contributed by atoms with Crippen molar-refractivity contribution >= 4 is 29.6 Å². The van der Waals surface area contributed by atoms with E-state index in [-0.39, 0.29) is 24.6 Å². The van der Waals surface area contributed by atoms with Crippen molar-refractivity contribution in [3.8, 4) is 5.75 Å². The van der Waals surface area contributed by atoms with Gasteiger partial charge in [0.15, 0.2) is 0 Å². The maximum atomic E-state index is 11.4. The van der Waals surface area contributed by atoms with Crippen LogP contribution in [-0.4, -0.2) is 49.1 Å². The van der Waals surface area contributed by atoms with Crippen molar-refractivity contribution in [3.05, 3.63) is 34.4 Å². The number of carbonyl (C=O) groups is 2. The zero-order valence-corrected chi connectivity index (χ0v) is 12.6.